The average molecular weight is 273 g/mol. The van der Waals surface area contributed by atoms with Crippen LogP contribution >= 0.6 is 11.6 Å². The molecule has 0 spiro atoms. The van der Waals surface area contributed by atoms with E-state index in [1.54, 1.807) is 24.5 Å². The molecular formula is C15H13ClN2O. The van der Waals surface area contributed by atoms with Crippen LogP contribution in [0.4, 0.5) is 0 Å². The fourth-order valence-electron chi connectivity index (χ4n) is 1.53. The minimum atomic E-state index is -0.156. The molecule has 1 aromatic carbocycles. The molecule has 1 amide bonds. The van der Waals surface area contributed by atoms with Crippen molar-refractivity contribution in [2.75, 3.05) is 0 Å². The number of hydrogen-bond acceptors (Lipinski definition) is 2. The zero-order chi connectivity index (χ0) is 13.5. The molecule has 0 saturated carbocycles. The Kier molecular flexibility index (Phi) is 4.70. The van der Waals surface area contributed by atoms with Crippen molar-refractivity contribution in [2.24, 2.45) is 0 Å². The van der Waals surface area contributed by atoms with Gasteiger partial charge in [-0.15, -0.1) is 0 Å². The topological polar surface area (TPSA) is 42.0 Å². The Hall–Kier alpha value is -2.13. The van der Waals surface area contributed by atoms with Crippen LogP contribution in [0.5, 0.6) is 0 Å². The van der Waals surface area contributed by atoms with Crippen molar-refractivity contribution in [3.05, 3.63) is 71.0 Å². The van der Waals surface area contributed by atoms with Crippen LogP contribution in [-0.2, 0) is 11.3 Å². The molecule has 0 bridgehead atoms. The summed E-state index contributed by atoms with van der Waals surface area (Å²) >= 11 is 6.00. The van der Waals surface area contributed by atoms with Gasteiger partial charge in [0.1, 0.15) is 0 Å². The molecule has 2 rings (SSSR count). The highest BCUT2D eigenvalue weighted by molar-refractivity contribution is 6.31. The fraction of sp³-hybridized carbons (Fsp3) is 0.0667. The Morgan fingerprint density at radius 2 is 1.95 bits per heavy atom. The van der Waals surface area contributed by atoms with Gasteiger partial charge in [-0.05, 0) is 35.4 Å². The number of aromatic nitrogens is 1. The van der Waals surface area contributed by atoms with E-state index >= 15 is 0 Å². The predicted octanol–water partition coefficient (Wildman–Crippen LogP) is 3.06. The summed E-state index contributed by atoms with van der Waals surface area (Å²) in [5, 5.41) is 3.44. The molecule has 0 aliphatic rings. The zero-order valence-corrected chi connectivity index (χ0v) is 11.0. The van der Waals surface area contributed by atoms with Gasteiger partial charge in [0.15, 0.2) is 0 Å². The van der Waals surface area contributed by atoms with Gasteiger partial charge in [0, 0.05) is 30.0 Å². The highest BCUT2D eigenvalue weighted by Gasteiger charge is 2.00. The van der Waals surface area contributed by atoms with E-state index < -0.39 is 0 Å². The Labute approximate surface area is 116 Å². The van der Waals surface area contributed by atoms with Crippen LogP contribution < -0.4 is 5.32 Å². The summed E-state index contributed by atoms with van der Waals surface area (Å²) in [6, 6.07) is 11.1. The summed E-state index contributed by atoms with van der Waals surface area (Å²) in [6.07, 6.45) is 6.60. The predicted molar refractivity (Wildman–Crippen MR) is 76.6 cm³/mol. The van der Waals surface area contributed by atoms with Gasteiger partial charge in [-0.3, -0.25) is 9.78 Å². The number of amides is 1. The van der Waals surface area contributed by atoms with Gasteiger partial charge >= 0.3 is 0 Å². The second-order valence-electron chi connectivity index (χ2n) is 3.92. The maximum atomic E-state index is 11.6. The summed E-state index contributed by atoms with van der Waals surface area (Å²) in [4.78, 5) is 15.6. The second kappa shape index (κ2) is 6.71. The van der Waals surface area contributed by atoms with Crippen LogP contribution in [0.25, 0.3) is 6.08 Å². The number of carbonyl (C=O) groups excluding carboxylic acids is 1. The van der Waals surface area contributed by atoms with Crippen LogP contribution in [0.3, 0.4) is 0 Å². The van der Waals surface area contributed by atoms with E-state index in [-0.39, 0.29) is 5.91 Å². The largest absolute Gasteiger partial charge is 0.348 e. The van der Waals surface area contributed by atoms with Crippen molar-refractivity contribution < 1.29 is 4.79 Å². The molecule has 19 heavy (non-hydrogen) atoms. The lowest BCUT2D eigenvalue weighted by atomic mass is 10.2. The smallest absolute Gasteiger partial charge is 0.244 e. The number of pyridine rings is 1. The summed E-state index contributed by atoms with van der Waals surface area (Å²) in [5.74, 6) is -0.156. The summed E-state index contributed by atoms with van der Waals surface area (Å²) in [5.41, 5.74) is 1.83. The fourth-order valence-corrected chi connectivity index (χ4v) is 1.73. The number of hydrogen-bond donors (Lipinski definition) is 1. The van der Waals surface area contributed by atoms with Gasteiger partial charge in [-0.1, -0.05) is 29.8 Å². The molecule has 4 heteroatoms. The van der Waals surface area contributed by atoms with E-state index in [1.165, 1.54) is 6.08 Å². The lowest BCUT2D eigenvalue weighted by molar-refractivity contribution is -0.116. The van der Waals surface area contributed by atoms with Crippen molar-refractivity contribution in [1.82, 2.24) is 10.3 Å². The molecule has 1 N–H and O–H groups in total. The third-order valence-corrected chi connectivity index (χ3v) is 2.91. The molecule has 0 aliphatic carbocycles. The third-order valence-electron chi connectivity index (χ3n) is 2.54. The normalized spacial score (nSPS) is 10.6. The number of benzene rings is 1. The standard InChI is InChI=1S/C15H13ClN2O/c16-14-4-2-1-3-13(14)11-18-15(19)6-5-12-7-9-17-10-8-12/h1-10H,11H2,(H,18,19)/b6-5+. The highest BCUT2D eigenvalue weighted by Crippen LogP contribution is 2.14. The molecule has 1 heterocycles. The first-order chi connectivity index (χ1) is 9.25. The number of nitrogens with one attached hydrogen (secondary N) is 1. The van der Waals surface area contributed by atoms with E-state index in [0.29, 0.717) is 11.6 Å². The minimum Gasteiger partial charge on any atom is -0.348 e. The first-order valence-electron chi connectivity index (χ1n) is 5.85. The van der Waals surface area contributed by atoms with E-state index in [0.717, 1.165) is 11.1 Å². The number of nitrogens with zero attached hydrogens (tertiary/aromatic N) is 1. The molecule has 0 aliphatic heterocycles. The Bertz CT molecular complexity index is 582. The quantitative estimate of drug-likeness (QED) is 0.869. The lowest BCUT2D eigenvalue weighted by Crippen LogP contribution is -2.20. The van der Waals surface area contributed by atoms with Gasteiger partial charge < -0.3 is 5.32 Å². The molecule has 0 unspecified atom stereocenters. The molecule has 2 aromatic rings. The van der Waals surface area contributed by atoms with Crippen molar-refractivity contribution >= 4 is 23.6 Å². The average Bonchev–Trinajstić information content (AvgIpc) is 2.45. The van der Waals surface area contributed by atoms with E-state index in [2.05, 4.69) is 10.3 Å². The van der Waals surface area contributed by atoms with Gasteiger partial charge in [-0.2, -0.15) is 0 Å². The first kappa shape index (κ1) is 13.3. The summed E-state index contributed by atoms with van der Waals surface area (Å²) in [6.45, 7) is 0.416. The van der Waals surface area contributed by atoms with E-state index in [1.807, 2.05) is 30.3 Å². The van der Waals surface area contributed by atoms with Crippen LogP contribution in [0.1, 0.15) is 11.1 Å². The monoisotopic (exact) mass is 272 g/mol. The first-order valence-corrected chi connectivity index (χ1v) is 6.23. The zero-order valence-electron chi connectivity index (χ0n) is 10.2. The van der Waals surface area contributed by atoms with Crippen molar-refractivity contribution in [3.8, 4) is 0 Å². The molecular weight excluding hydrogens is 260 g/mol. The number of rotatable bonds is 4. The van der Waals surface area contributed by atoms with Crippen molar-refractivity contribution in [1.29, 1.82) is 0 Å². The van der Waals surface area contributed by atoms with Gasteiger partial charge in [0.25, 0.3) is 0 Å². The molecule has 0 atom stereocenters. The van der Waals surface area contributed by atoms with Crippen LogP contribution in [0.15, 0.2) is 54.9 Å². The molecule has 3 nitrogen and oxygen atoms in total. The maximum Gasteiger partial charge on any atom is 0.244 e. The molecule has 0 fully saturated rings. The molecule has 0 saturated heterocycles. The van der Waals surface area contributed by atoms with Gasteiger partial charge in [0.05, 0.1) is 0 Å². The van der Waals surface area contributed by atoms with Crippen molar-refractivity contribution in [3.63, 3.8) is 0 Å². The summed E-state index contributed by atoms with van der Waals surface area (Å²) in [7, 11) is 0. The SMILES string of the molecule is O=C(/C=C/c1ccncc1)NCc1ccccc1Cl. The van der Waals surface area contributed by atoms with Gasteiger partial charge in [0.2, 0.25) is 5.91 Å². The van der Waals surface area contributed by atoms with Gasteiger partial charge in [-0.25, -0.2) is 0 Å². The van der Waals surface area contributed by atoms with Crippen molar-refractivity contribution in [2.45, 2.75) is 6.54 Å². The second-order valence-corrected chi connectivity index (χ2v) is 4.33. The van der Waals surface area contributed by atoms with E-state index in [9.17, 15) is 4.79 Å². The minimum absolute atomic E-state index is 0.156. The molecule has 1 aromatic heterocycles. The highest BCUT2D eigenvalue weighted by atomic mass is 35.5. The maximum absolute atomic E-state index is 11.6. The van der Waals surface area contributed by atoms with Crippen LogP contribution in [0.2, 0.25) is 5.02 Å². The Morgan fingerprint density at radius 1 is 1.21 bits per heavy atom. The summed E-state index contributed by atoms with van der Waals surface area (Å²) < 4.78 is 0. The third kappa shape index (κ3) is 4.23. The molecule has 0 radical (unpaired) electrons. The number of carbonyl (C=O) groups is 1. The number of halogens is 1. The molecule has 96 valence electrons. The van der Waals surface area contributed by atoms with E-state index in [4.69, 9.17) is 11.6 Å². The Morgan fingerprint density at radius 3 is 2.68 bits per heavy atom. The van der Waals surface area contributed by atoms with Crippen LogP contribution in [0, 0.1) is 0 Å². The lowest BCUT2D eigenvalue weighted by Gasteiger charge is -2.04. The van der Waals surface area contributed by atoms with Crippen LogP contribution in [-0.4, -0.2) is 10.9 Å². The Balaban J connectivity index is 1.89.